The minimum Gasteiger partial charge on any atom is -0.497 e. The van der Waals surface area contributed by atoms with Gasteiger partial charge in [-0.05, 0) is 56.5 Å². The van der Waals surface area contributed by atoms with Gasteiger partial charge in [0.05, 0.1) is 17.7 Å². The number of amides is 2. The number of carbonyl (C=O) groups excluding carboxylic acids is 2. The van der Waals surface area contributed by atoms with Gasteiger partial charge in [-0.2, -0.15) is 0 Å². The van der Waals surface area contributed by atoms with E-state index >= 15 is 0 Å². The summed E-state index contributed by atoms with van der Waals surface area (Å²) in [6.07, 6.45) is 0.905. The van der Waals surface area contributed by atoms with Crippen LogP contribution in [0.5, 0.6) is 5.75 Å². The van der Waals surface area contributed by atoms with Crippen molar-refractivity contribution in [1.82, 2.24) is 10.2 Å². The van der Waals surface area contributed by atoms with Crippen LogP contribution in [0.1, 0.15) is 31.4 Å². The number of hydrogen-bond donors (Lipinski definition) is 1. The maximum atomic E-state index is 14.0. The van der Waals surface area contributed by atoms with E-state index in [-0.39, 0.29) is 23.0 Å². The van der Waals surface area contributed by atoms with Gasteiger partial charge in [0, 0.05) is 19.2 Å². The molecular formula is C30H37N3O5S. The molecule has 0 aliphatic carbocycles. The molecule has 0 aromatic heterocycles. The van der Waals surface area contributed by atoms with Gasteiger partial charge in [-0.3, -0.25) is 13.9 Å². The van der Waals surface area contributed by atoms with Crippen molar-refractivity contribution in [2.45, 2.75) is 44.6 Å². The molecule has 3 rings (SSSR count). The Bertz CT molecular complexity index is 1340. The smallest absolute Gasteiger partial charge is 0.264 e. The molecule has 0 aliphatic heterocycles. The minimum atomic E-state index is -4.12. The zero-order valence-corrected chi connectivity index (χ0v) is 23.8. The van der Waals surface area contributed by atoms with Crippen molar-refractivity contribution in [3.63, 3.8) is 0 Å². The lowest BCUT2D eigenvalue weighted by Crippen LogP contribution is -2.53. The maximum absolute atomic E-state index is 14.0. The Labute approximate surface area is 231 Å². The third-order valence-corrected chi connectivity index (χ3v) is 8.24. The highest BCUT2D eigenvalue weighted by Crippen LogP contribution is 2.27. The zero-order valence-electron chi connectivity index (χ0n) is 23.0. The first-order valence-corrected chi connectivity index (χ1v) is 14.5. The number of nitrogens with one attached hydrogen (secondary N) is 1. The van der Waals surface area contributed by atoms with Crippen molar-refractivity contribution < 1.29 is 22.7 Å². The van der Waals surface area contributed by atoms with Crippen LogP contribution in [0.4, 0.5) is 5.69 Å². The van der Waals surface area contributed by atoms with E-state index < -0.39 is 28.5 Å². The molecule has 0 spiro atoms. The Balaban J connectivity index is 2.02. The van der Waals surface area contributed by atoms with Gasteiger partial charge >= 0.3 is 0 Å². The van der Waals surface area contributed by atoms with E-state index in [0.717, 1.165) is 15.4 Å². The van der Waals surface area contributed by atoms with Crippen LogP contribution in [0.25, 0.3) is 0 Å². The number of carbonyl (C=O) groups is 2. The van der Waals surface area contributed by atoms with Gasteiger partial charge in [0.1, 0.15) is 18.3 Å². The Morgan fingerprint density at radius 2 is 1.64 bits per heavy atom. The average molecular weight is 552 g/mol. The summed E-state index contributed by atoms with van der Waals surface area (Å²) in [5.41, 5.74) is 2.22. The van der Waals surface area contributed by atoms with Gasteiger partial charge in [0.25, 0.3) is 10.0 Å². The largest absolute Gasteiger partial charge is 0.497 e. The van der Waals surface area contributed by atoms with Crippen LogP contribution >= 0.6 is 0 Å². The standard InChI is InChI=1S/C30H37N3O5S/c1-5-28(30(35)31-6-2)32(20-19-24-11-8-7-9-12-24)29(34)22-33(25-13-10-14-26(21-25)38-4)39(36,37)27-17-15-23(3)16-18-27/h7-18,21,28H,5-6,19-20,22H2,1-4H3,(H,31,35)/t28-/m0/s1. The predicted molar refractivity (Wildman–Crippen MR) is 153 cm³/mol. The molecular weight excluding hydrogens is 514 g/mol. The van der Waals surface area contributed by atoms with Crippen LogP contribution in [0, 0.1) is 6.92 Å². The molecule has 0 saturated carbocycles. The molecule has 39 heavy (non-hydrogen) atoms. The number of aryl methyl sites for hydroxylation is 1. The van der Waals surface area contributed by atoms with Crippen molar-refractivity contribution in [1.29, 1.82) is 0 Å². The normalized spacial score (nSPS) is 11.9. The summed E-state index contributed by atoms with van der Waals surface area (Å²) in [6.45, 7) is 5.73. The quantitative estimate of drug-likeness (QED) is 0.344. The minimum absolute atomic E-state index is 0.0651. The Morgan fingerprint density at radius 3 is 2.26 bits per heavy atom. The van der Waals surface area contributed by atoms with Crippen molar-refractivity contribution in [3.05, 3.63) is 90.0 Å². The molecule has 8 nitrogen and oxygen atoms in total. The lowest BCUT2D eigenvalue weighted by atomic mass is 10.1. The van der Waals surface area contributed by atoms with E-state index in [1.165, 1.54) is 24.1 Å². The van der Waals surface area contributed by atoms with Crippen LogP contribution in [-0.2, 0) is 26.0 Å². The van der Waals surface area contributed by atoms with E-state index in [1.54, 1.807) is 36.4 Å². The molecule has 0 aliphatic rings. The van der Waals surface area contributed by atoms with Crippen molar-refractivity contribution in [2.75, 3.05) is 31.0 Å². The molecule has 208 valence electrons. The number of sulfonamides is 1. The fraction of sp³-hybridized carbons (Fsp3) is 0.333. The molecule has 1 atom stereocenters. The second-order valence-corrected chi connectivity index (χ2v) is 11.0. The molecule has 3 aromatic rings. The van der Waals surface area contributed by atoms with E-state index in [2.05, 4.69) is 5.32 Å². The molecule has 1 N–H and O–H groups in total. The van der Waals surface area contributed by atoms with Gasteiger partial charge in [-0.15, -0.1) is 0 Å². The van der Waals surface area contributed by atoms with Crippen molar-refractivity contribution in [2.24, 2.45) is 0 Å². The third-order valence-electron chi connectivity index (χ3n) is 6.45. The van der Waals surface area contributed by atoms with Crippen LogP contribution < -0.4 is 14.4 Å². The average Bonchev–Trinajstić information content (AvgIpc) is 2.94. The number of nitrogens with zero attached hydrogens (tertiary/aromatic N) is 2. The fourth-order valence-corrected chi connectivity index (χ4v) is 5.73. The summed E-state index contributed by atoms with van der Waals surface area (Å²) in [7, 11) is -2.63. The van der Waals surface area contributed by atoms with Crippen molar-refractivity contribution >= 4 is 27.5 Å². The molecule has 9 heteroatoms. The summed E-state index contributed by atoms with van der Waals surface area (Å²) >= 11 is 0. The molecule has 0 saturated heterocycles. The fourth-order valence-electron chi connectivity index (χ4n) is 4.32. The van der Waals surface area contributed by atoms with Crippen LogP contribution in [0.2, 0.25) is 0 Å². The van der Waals surface area contributed by atoms with Gasteiger partial charge in [0.2, 0.25) is 11.8 Å². The lowest BCUT2D eigenvalue weighted by molar-refractivity contribution is -0.139. The number of likely N-dealkylation sites (N-methyl/N-ethyl adjacent to an activating group) is 1. The number of hydrogen-bond acceptors (Lipinski definition) is 5. The molecule has 0 fully saturated rings. The Hall–Kier alpha value is -3.85. The second-order valence-electron chi connectivity index (χ2n) is 9.17. The monoisotopic (exact) mass is 551 g/mol. The zero-order chi connectivity index (χ0) is 28.4. The molecule has 2 amide bonds. The number of ether oxygens (including phenoxy) is 1. The second kappa shape index (κ2) is 13.8. The van der Waals surface area contributed by atoms with Crippen molar-refractivity contribution in [3.8, 4) is 5.75 Å². The first-order chi connectivity index (χ1) is 18.7. The Morgan fingerprint density at radius 1 is 0.949 bits per heavy atom. The maximum Gasteiger partial charge on any atom is 0.264 e. The topological polar surface area (TPSA) is 96.0 Å². The molecule has 0 heterocycles. The van der Waals surface area contributed by atoms with Crippen LogP contribution in [-0.4, -0.2) is 57.9 Å². The highest BCUT2D eigenvalue weighted by molar-refractivity contribution is 7.92. The summed E-state index contributed by atoms with van der Waals surface area (Å²) in [5, 5.41) is 2.81. The first kappa shape index (κ1) is 29.7. The summed E-state index contributed by atoms with van der Waals surface area (Å²) < 4.78 is 34.2. The van der Waals surface area contributed by atoms with Gasteiger partial charge in [0.15, 0.2) is 0 Å². The Kier molecular flexibility index (Phi) is 10.5. The molecule has 0 bridgehead atoms. The number of benzene rings is 3. The lowest BCUT2D eigenvalue weighted by Gasteiger charge is -2.33. The molecule has 0 unspecified atom stereocenters. The number of anilines is 1. The van der Waals surface area contributed by atoms with Gasteiger partial charge in [-0.25, -0.2) is 8.42 Å². The van der Waals surface area contributed by atoms with E-state index in [9.17, 15) is 18.0 Å². The summed E-state index contributed by atoms with van der Waals surface area (Å²) in [4.78, 5) is 28.5. The van der Waals surface area contributed by atoms with E-state index in [4.69, 9.17) is 4.74 Å². The summed E-state index contributed by atoms with van der Waals surface area (Å²) in [6, 6.07) is 22.0. The summed E-state index contributed by atoms with van der Waals surface area (Å²) in [5.74, 6) is -0.281. The highest BCUT2D eigenvalue weighted by Gasteiger charge is 2.33. The predicted octanol–water partition coefficient (Wildman–Crippen LogP) is 4.18. The SMILES string of the molecule is CCNC(=O)[C@H](CC)N(CCc1ccccc1)C(=O)CN(c1cccc(OC)c1)S(=O)(=O)c1ccc(C)cc1. The number of methoxy groups -OCH3 is 1. The highest BCUT2D eigenvalue weighted by atomic mass is 32.2. The van der Waals surface area contributed by atoms with E-state index in [1.807, 2.05) is 51.1 Å². The van der Waals surface area contributed by atoms with Crippen LogP contribution in [0.3, 0.4) is 0 Å². The third kappa shape index (κ3) is 7.60. The first-order valence-electron chi connectivity index (χ1n) is 13.1. The molecule has 3 aromatic carbocycles. The van der Waals surface area contributed by atoms with Gasteiger partial charge in [-0.1, -0.05) is 61.0 Å². The molecule has 0 radical (unpaired) electrons. The van der Waals surface area contributed by atoms with E-state index in [0.29, 0.717) is 25.1 Å². The van der Waals surface area contributed by atoms with Gasteiger partial charge < -0.3 is 15.0 Å². The number of rotatable bonds is 13. The van der Waals surface area contributed by atoms with Crippen LogP contribution in [0.15, 0.2) is 83.8 Å².